The molecule has 8 nitrogen and oxygen atoms in total. The van der Waals surface area contributed by atoms with Gasteiger partial charge in [-0.25, -0.2) is 9.59 Å². The average Bonchev–Trinajstić information content (AvgIpc) is 3.25. The van der Waals surface area contributed by atoms with Crippen LogP contribution in [-0.2, 0) is 9.47 Å². The van der Waals surface area contributed by atoms with Crippen LogP contribution in [0.2, 0.25) is 0 Å². The predicted molar refractivity (Wildman–Crippen MR) is 123 cm³/mol. The summed E-state index contributed by atoms with van der Waals surface area (Å²) in [7, 11) is 6.01. The summed E-state index contributed by atoms with van der Waals surface area (Å²) in [5.41, 5.74) is 3.39. The molecule has 1 amide bonds. The molecule has 0 radical (unpaired) electrons. The second-order valence-electron chi connectivity index (χ2n) is 7.41. The first kappa shape index (κ1) is 24.0. The topological polar surface area (TPSA) is 83.5 Å². The van der Waals surface area contributed by atoms with Gasteiger partial charge in [0.2, 0.25) is 0 Å². The second kappa shape index (κ2) is 10.8. The average molecular weight is 456 g/mol. The van der Waals surface area contributed by atoms with Gasteiger partial charge in [0.25, 0.3) is 0 Å². The standard InChI is InChI=1S/C25H29NO7/c1-16-8-10-19(22(23(16)31-4)24(27)32-5)18(7-6-12-26-13-14-33-25(26)28)17-9-11-20(29-2)21(15-17)30-3/h7-11,15H,6,12-14H2,1-5H3. The molecule has 1 aliphatic heterocycles. The zero-order valence-electron chi connectivity index (χ0n) is 19.6. The van der Waals surface area contributed by atoms with E-state index in [1.165, 1.54) is 14.2 Å². The summed E-state index contributed by atoms with van der Waals surface area (Å²) in [6, 6.07) is 9.32. The van der Waals surface area contributed by atoms with Crippen LogP contribution in [0.4, 0.5) is 4.79 Å². The van der Waals surface area contributed by atoms with E-state index in [4.69, 9.17) is 23.7 Å². The van der Waals surface area contributed by atoms with Crippen molar-refractivity contribution in [1.82, 2.24) is 4.90 Å². The fourth-order valence-electron chi connectivity index (χ4n) is 3.86. The van der Waals surface area contributed by atoms with Gasteiger partial charge in [0.05, 0.1) is 35.0 Å². The third-order valence-corrected chi connectivity index (χ3v) is 5.53. The molecule has 1 fully saturated rings. The van der Waals surface area contributed by atoms with Gasteiger partial charge in [-0.3, -0.25) is 0 Å². The van der Waals surface area contributed by atoms with E-state index in [0.29, 0.717) is 54.5 Å². The number of cyclic esters (lactones) is 1. The van der Waals surface area contributed by atoms with Crippen molar-refractivity contribution in [2.24, 2.45) is 0 Å². The van der Waals surface area contributed by atoms with E-state index in [1.54, 1.807) is 19.1 Å². The number of nitrogens with zero attached hydrogens (tertiary/aromatic N) is 1. The van der Waals surface area contributed by atoms with Crippen LogP contribution in [0.25, 0.3) is 5.57 Å². The van der Waals surface area contributed by atoms with Gasteiger partial charge in [0.15, 0.2) is 11.5 Å². The largest absolute Gasteiger partial charge is 0.496 e. The van der Waals surface area contributed by atoms with Crippen molar-refractivity contribution in [1.29, 1.82) is 0 Å². The van der Waals surface area contributed by atoms with Gasteiger partial charge in [-0.2, -0.15) is 0 Å². The Hall–Kier alpha value is -3.68. The number of carbonyl (C=O) groups excluding carboxylic acids is 2. The van der Waals surface area contributed by atoms with Crippen molar-refractivity contribution < 1.29 is 33.3 Å². The van der Waals surface area contributed by atoms with Crippen LogP contribution in [0.3, 0.4) is 0 Å². The summed E-state index contributed by atoms with van der Waals surface area (Å²) < 4.78 is 26.5. The fourth-order valence-corrected chi connectivity index (χ4v) is 3.86. The molecule has 0 unspecified atom stereocenters. The smallest absolute Gasteiger partial charge is 0.409 e. The monoisotopic (exact) mass is 455 g/mol. The summed E-state index contributed by atoms with van der Waals surface area (Å²) in [5, 5.41) is 0. The van der Waals surface area contributed by atoms with Crippen LogP contribution in [0.1, 0.15) is 33.5 Å². The highest BCUT2D eigenvalue weighted by Gasteiger charge is 2.24. The van der Waals surface area contributed by atoms with E-state index in [1.807, 2.05) is 43.3 Å². The molecule has 0 bridgehead atoms. The molecule has 2 aromatic carbocycles. The normalized spacial score (nSPS) is 13.5. The quantitative estimate of drug-likeness (QED) is 0.527. The molecule has 33 heavy (non-hydrogen) atoms. The second-order valence-corrected chi connectivity index (χ2v) is 7.41. The van der Waals surface area contributed by atoms with Gasteiger partial charge in [0.1, 0.15) is 17.9 Å². The molecule has 1 heterocycles. The molecule has 8 heteroatoms. The third kappa shape index (κ3) is 5.05. The molecule has 0 saturated carbocycles. The number of esters is 1. The predicted octanol–water partition coefficient (Wildman–Crippen LogP) is 4.08. The Morgan fingerprint density at radius 2 is 1.82 bits per heavy atom. The van der Waals surface area contributed by atoms with E-state index >= 15 is 0 Å². The van der Waals surface area contributed by atoms with Crippen molar-refractivity contribution in [2.45, 2.75) is 13.3 Å². The highest BCUT2D eigenvalue weighted by atomic mass is 16.6. The number of methoxy groups -OCH3 is 4. The first-order valence-electron chi connectivity index (χ1n) is 10.6. The lowest BCUT2D eigenvalue weighted by Gasteiger charge is -2.19. The number of hydrogen-bond donors (Lipinski definition) is 0. The van der Waals surface area contributed by atoms with Gasteiger partial charge < -0.3 is 28.6 Å². The lowest BCUT2D eigenvalue weighted by atomic mass is 9.90. The van der Waals surface area contributed by atoms with Gasteiger partial charge >= 0.3 is 12.1 Å². The number of rotatable bonds is 9. The minimum Gasteiger partial charge on any atom is -0.496 e. The van der Waals surface area contributed by atoms with Crippen LogP contribution in [-0.4, -0.2) is 65.1 Å². The van der Waals surface area contributed by atoms with Crippen molar-refractivity contribution in [3.63, 3.8) is 0 Å². The first-order valence-corrected chi connectivity index (χ1v) is 10.6. The van der Waals surface area contributed by atoms with Crippen molar-refractivity contribution in [3.05, 3.63) is 58.7 Å². The summed E-state index contributed by atoms with van der Waals surface area (Å²) in [6.45, 7) is 3.32. The van der Waals surface area contributed by atoms with Gasteiger partial charge in [-0.05, 0) is 42.2 Å². The molecular formula is C25H29NO7. The van der Waals surface area contributed by atoms with Crippen LogP contribution in [0.15, 0.2) is 36.4 Å². The molecule has 1 aliphatic rings. The SMILES string of the molecule is COC(=O)c1c(C(=CCCN2CCOC2=O)c2ccc(OC)c(OC)c2)ccc(C)c1OC. The van der Waals surface area contributed by atoms with Crippen LogP contribution in [0.5, 0.6) is 17.2 Å². The highest BCUT2D eigenvalue weighted by Crippen LogP contribution is 2.38. The summed E-state index contributed by atoms with van der Waals surface area (Å²) in [6.07, 6.45) is 2.22. The maximum absolute atomic E-state index is 12.8. The molecule has 0 aliphatic carbocycles. The Labute approximate surface area is 193 Å². The molecular weight excluding hydrogens is 426 g/mol. The first-order chi connectivity index (χ1) is 15.9. The number of amides is 1. The molecule has 0 N–H and O–H groups in total. The molecule has 0 aromatic heterocycles. The zero-order chi connectivity index (χ0) is 24.0. The number of benzene rings is 2. The van der Waals surface area contributed by atoms with Crippen LogP contribution >= 0.6 is 0 Å². The fraction of sp³-hybridized carbons (Fsp3) is 0.360. The Morgan fingerprint density at radius 3 is 2.42 bits per heavy atom. The van der Waals surface area contributed by atoms with Gasteiger partial charge in [-0.1, -0.05) is 24.3 Å². The molecule has 0 spiro atoms. The molecule has 176 valence electrons. The van der Waals surface area contributed by atoms with Crippen molar-refractivity contribution >= 4 is 17.6 Å². The Balaban J connectivity index is 2.14. The lowest BCUT2D eigenvalue weighted by Crippen LogP contribution is -2.24. The molecule has 3 rings (SSSR count). The third-order valence-electron chi connectivity index (χ3n) is 5.53. The van der Waals surface area contributed by atoms with E-state index in [-0.39, 0.29) is 6.09 Å². The Morgan fingerprint density at radius 1 is 1.06 bits per heavy atom. The van der Waals surface area contributed by atoms with E-state index in [2.05, 4.69) is 0 Å². The van der Waals surface area contributed by atoms with E-state index in [0.717, 1.165) is 16.7 Å². The highest BCUT2D eigenvalue weighted by molar-refractivity contribution is 6.01. The number of carbonyl (C=O) groups is 2. The van der Waals surface area contributed by atoms with Gasteiger partial charge in [-0.15, -0.1) is 0 Å². The Kier molecular flexibility index (Phi) is 7.82. The summed E-state index contributed by atoms with van der Waals surface area (Å²) in [5.74, 6) is 1.10. The van der Waals surface area contributed by atoms with E-state index < -0.39 is 5.97 Å². The molecule has 2 aromatic rings. The van der Waals surface area contributed by atoms with Crippen molar-refractivity contribution in [2.75, 3.05) is 48.1 Å². The zero-order valence-corrected chi connectivity index (χ0v) is 19.6. The molecule has 0 atom stereocenters. The lowest BCUT2D eigenvalue weighted by molar-refractivity contribution is 0.0596. The minimum atomic E-state index is -0.500. The minimum absolute atomic E-state index is 0.316. The summed E-state index contributed by atoms with van der Waals surface area (Å²) >= 11 is 0. The summed E-state index contributed by atoms with van der Waals surface area (Å²) in [4.78, 5) is 26.3. The number of hydrogen-bond acceptors (Lipinski definition) is 7. The Bertz CT molecular complexity index is 1060. The maximum atomic E-state index is 12.8. The van der Waals surface area contributed by atoms with E-state index in [9.17, 15) is 9.59 Å². The number of ether oxygens (including phenoxy) is 5. The maximum Gasteiger partial charge on any atom is 0.409 e. The van der Waals surface area contributed by atoms with Crippen LogP contribution < -0.4 is 14.2 Å². The van der Waals surface area contributed by atoms with Crippen molar-refractivity contribution in [3.8, 4) is 17.2 Å². The van der Waals surface area contributed by atoms with Gasteiger partial charge in [0, 0.05) is 12.1 Å². The van der Waals surface area contributed by atoms with Crippen LogP contribution in [0, 0.1) is 6.92 Å². The molecule has 1 saturated heterocycles. The number of aryl methyl sites for hydroxylation is 1.